The zero-order valence-electron chi connectivity index (χ0n) is 18.4. The van der Waals surface area contributed by atoms with E-state index >= 15 is 0 Å². The lowest BCUT2D eigenvalue weighted by Gasteiger charge is -2.26. The number of rotatable bonds is 5. The van der Waals surface area contributed by atoms with Crippen molar-refractivity contribution in [1.82, 2.24) is 5.32 Å². The van der Waals surface area contributed by atoms with E-state index in [9.17, 15) is 14.4 Å². The Bertz CT molecular complexity index is 1290. The van der Waals surface area contributed by atoms with Crippen molar-refractivity contribution >= 4 is 68.1 Å². The molecule has 1 aliphatic heterocycles. The molecule has 1 saturated heterocycles. The van der Waals surface area contributed by atoms with Crippen molar-refractivity contribution in [3.63, 3.8) is 0 Å². The quantitative estimate of drug-likeness (QED) is 0.216. The second-order valence-corrected chi connectivity index (χ2v) is 9.90. The lowest BCUT2D eigenvalue weighted by Crippen LogP contribution is -2.54. The van der Waals surface area contributed by atoms with Gasteiger partial charge in [0.05, 0.1) is 13.7 Å². The molecule has 0 aromatic heterocycles. The molecule has 34 heavy (non-hydrogen) atoms. The molecule has 0 aliphatic carbocycles. The Morgan fingerprint density at radius 2 is 1.59 bits per heavy atom. The van der Waals surface area contributed by atoms with E-state index < -0.39 is 17.8 Å². The van der Waals surface area contributed by atoms with E-state index in [0.29, 0.717) is 28.1 Å². The van der Waals surface area contributed by atoms with Gasteiger partial charge in [-0.25, -0.2) is 9.69 Å². The molecule has 0 atom stereocenters. The molecule has 1 heterocycles. The third-order valence-electron chi connectivity index (χ3n) is 5.23. The number of urea groups is 1. The predicted octanol–water partition coefficient (Wildman–Crippen LogP) is 5.92. The molecular weight excluding hydrogens is 611 g/mol. The summed E-state index contributed by atoms with van der Waals surface area (Å²) in [5, 5.41) is 2.25. The number of anilines is 1. The normalized spacial score (nSPS) is 15.0. The van der Waals surface area contributed by atoms with Gasteiger partial charge < -0.3 is 4.74 Å². The zero-order valence-corrected chi connectivity index (χ0v) is 22.1. The minimum absolute atomic E-state index is 0.129. The molecule has 172 valence electrons. The highest BCUT2D eigenvalue weighted by Crippen LogP contribution is 2.34. The Labute approximate surface area is 219 Å². The Morgan fingerprint density at radius 3 is 2.21 bits per heavy atom. The van der Waals surface area contributed by atoms with E-state index in [1.54, 1.807) is 30.3 Å². The van der Waals surface area contributed by atoms with Gasteiger partial charge >= 0.3 is 6.03 Å². The highest BCUT2D eigenvalue weighted by atomic mass is 127. The van der Waals surface area contributed by atoms with Crippen LogP contribution < -0.4 is 15.0 Å². The summed E-state index contributed by atoms with van der Waals surface area (Å²) in [7, 11) is 0. The minimum atomic E-state index is -0.772. The number of nitrogens with zero attached hydrogens (tertiary/aromatic N) is 1. The van der Waals surface area contributed by atoms with E-state index in [-0.39, 0.29) is 5.57 Å². The molecule has 4 amide bonds. The van der Waals surface area contributed by atoms with Gasteiger partial charge in [-0.2, -0.15) is 0 Å². The summed E-state index contributed by atoms with van der Waals surface area (Å²) < 4.78 is 7.50. The molecule has 0 spiro atoms. The molecule has 1 N–H and O–H groups in total. The topological polar surface area (TPSA) is 75.7 Å². The van der Waals surface area contributed by atoms with Crippen LogP contribution in [0.15, 0.2) is 70.7 Å². The van der Waals surface area contributed by atoms with E-state index in [2.05, 4.69) is 43.8 Å². The van der Waals surface area contributed by atoms with Crippen LogP contribution in [0.1, 0.15) is 22.3 Å². The molecule has 1 fully saturated rings. The van der Waals surface area contributed by atoms with Crippen molar-refractivity contribution in [2.45, 2.75) is 20.5 Å². The van der Waals surface area contributed by atoms with Gasteiger partial charge in [0.15, 0.2) is 0 Å². The largest absolute Gasteiger partial charge is 0.487 e. The average Bonchev–Trinajstić information content (AvgIpc) is 2.78. The highest BCUT2D eigenvalue weighted by Gasteiger charge is 2.36. The number of hydrogen-bond donors (Lipinski definition) is 1. The van der Waals surface area contributed by atoms with E-state index in [1.165, 1.54) is 11.6 Å². The highest BCUT2D eigenvalue weighted by molar-refractivity contribution is 14.1. The number of ether oxygens (including phenoxy) is 1. The van der Waals surface area contributed by atoms with Crippen LogP contribution >= 0.6 is 38.5 Å². The molecule has 0 saturated carbocycles. The second kappa shape index (κ2) is 10.1. The number of carbonyl (C=O) groups excluding carboxylic acids is 3. The number of carbonyl (C=O) groups is 3. The second-order valence-electron chi connectivity index (χ2n) is 7.88. The first-order valence-corrected chi connectivity index (χ1v) is 12.3. The van der Waals surface area contributed by atoms with E-state index in [4.69, 9.17) is 4.74 Å². The summed E-state index contributed by atoms with van der Waals surface area (Å²) in [6.07, 6.45) is 1.47. The van der Waals surface area contributed by atoms with Gasteiger partial charge in [0.25, 0.3) is 11.8 Å². The van der Waals surface area contributed by atoms with Crippen molar-refractivity contribution in [2.24, 2.45) is 0 Å². The first-order valence-electron chi connectivity index (χ1n) is 10.4. The van der Waals surface area contributed by atoms with Crippen LogP contribution in [0.4, 0.5) is 10.5 Å². The number of halogens is 2. The first kappa shape index (κ1) is 24.2. The van der Waals surface area contributed by atoms with Crippen molar-refractivity contribution in [2.75, 3.05) is 4.90 Å². The molecule has 8 heteroatoms. The van der Waals surface area contributed by atoms with E-state index in [0.717, 1.165) is 19.6 Å². The van der Waals surface area contributed by atoms with Crippen molar-refractivity contribution in [1.29, 1.82) is 0 Å². The van der Waals surface area contributed by atoms with Crippen LogP contribution in [0.3, 0.4) is 0 Å². The summed E-state index contributed by atoms with van der Waals surface area (Å²) in [4.78, 5) is 38.9. The summed E-state index contributed by atoms with van der Waals surface area (Å²) in [5.74, 6) is -0.744. The number of hydrogen-bond acceptors (Lipinski definition) is 4. The third kappa shape index (κ3) is 5.23. The third-order valence-corrected chi connectivity index (χ3v) is 6.62. The molecule has 6 nitrogen and oxygen atoms in total. The summed E-state index contributed by atoms with van der Waals surface area (Å²) in [6.45, 7) is 4.35. The molecule has 1 aliphatic rings. The smallest absolute Gasteiger partial charge is 0.335 e. The lowest BCUT2D eigenvalue weighted by molar-refractivity contribution is -0.122. The van der Waals surface area contributed by atoms with Crippen LogP contribution in [0.2, 0.25) is 0 Å². The fourth-order valence-electron chi connectivity index (χ4n) is 3.39. The van der Waals surface area contributed by atoms with Gasteiger partial charge in [-0.15, -0.1) is 0 Å². The molecule has 3 aromatic carbocycles. The number of barbiturate groups is 1. The molecule has 0 unspecified atom stereocenters. The fourth-order valence-corrected chi connectivity index (χ4v) is 5.16. The molecule has 0 bridgehead atoms. The standard InChI is InChI=1S/C26H20BrIN2O4/c1-15-3-7-17(8-4-15)14-34-23-21(27)12-18(13-22(23)28)11-20-24(31)29-26(33)30(25(20)32)19-9-5-16(2)6-10-19/h3-13H,14H2,1-2H3,(H,29,31,33)/b20-11+. The number of nitrogens with one attached hydrogen (secondary N) is 1. The van der Waals surface area contributed by atoms with Crippen molar-refractivity contribution < 1.29 is 19.1 Å². The molecule has 0 radical (unpaired) electrons. The molecule has 4 rings (SSSR count). The minimum Gasteiger partial charge on any atom is -0.487 e. The number of imide groups is 2. The maximum atomic E-state index is 13.1. The average molecular weight is 631 g/mol. The summed E-state index contributed by atoms with van der Waals surface area (Å²) >= 11 is 5.68. The van der Waals surface area contributed by atoms with Crippen LogP contribution in [0.25, 0.3) is 6.08 Å². The first-order chi connectivity index (χ1) is 16.2. The number of aryl methyl sites for hydroxylation is 2. The molecular formula is C26H20BrIN2O4. The van der Waals surface area contributed by atoms with Gasteiger partial charge in [-0.05, 0) is 93.8 Å². The van der Waals surface area contributed by atoms with Crippen LogP contribution in [-0.2, 0) is 16.2 Å². The van der Waals surface area contributed by atoms with Crippen LogP contribution in [0, 0.1) is 17.4 Å². The SMILES string of the molecule is Cc1ccc(COc2c(Br)cc(/C=C3\C(=O)NC(=O)N(c4ccc(C)cc4)C3=O)cc2I)cc1. The van der Waals surface area contributed by atoms with Gasteiger partial charge in [0.1, 0.15) is 17.9 Å². The Balaban J connectivity index is 1.60. The Hall–Kier alpha value is -2.98. The number of benzene rings is 3. The van der Waals surface area contributed by atoms with Crippen molar-refractivity contribution in [3.05, 3.63) is 96.5 Å². The number of amides is 4. The van der Waals surface area contributed by atoms with Gasteiger partial charge in [-0.3, -0.25) is 14.9 Å². The van der Waals surface area contributed by atoms with Gasteiger partial charge in [0, 0.05) is 0 Å². The van der Waals surface area contributed by atoms with Gasteiger partial charge in [0.2, 0.25) is 0 Å². The maximum Gasteiger partial charge on any atom is 0.335 e. The van der Waals surface area contributed by atoms with Crippen molar-refractivity contribution in [3.8, 4) is 5.75 Å². The Kier molecular flexibility index (Phi) is 7.18. The summed E-state index contributed by atoms with van der Waals surface area (Å²) in [5.41, 5.74) is 4.10. The maximum absolute atomic E-state index is 13.1. The summed E-state index contributed by atoms with van der Waals surface area (Å²) in [6, 6.07) is 17.8. The van der Waals surface area contributed by atoms with Crippen LogP contribution in [-0.4, -0.2) is 17.8 Å². The zero-order chi connectivity index (χ0) is 24.4. The Morgan fingerprint density at radius 1 is 0.971 bits per heavy atom. The lowest BCUT2D eigenvalue weighted by atomic mass is 10.1. The monoisotopic (exact) mass is 630 g/mol. The van der Waals surface area contributed by atoms with E-state index in [1.807, 2.05) is 44.2 Å². The van der Waals surface area contributed by atoms with Crippen LogP contribution in [0.5, 0.6) is 5.75 Å². The van der Waals surface area contributed by atoms with Gasteiger partial charge in [-0.1, -0.05) is 47.5 Å². The molecule has 3 aromatic rings. The predicted molar refractivity (Wildman–Crippen MR) is 143 cm³/mol. The fraction of sp³-hybridized carbons (Fsp3) is 0.115.